The minimum atomic E-state index is -0.336. The first-order valence-corrected chi connectivity index (χ1v) is 9.28. The second-order valence-electron chi connectivity index (χ2n) is 5.16. The number of ether oxygens (including phenoxy) is 1. The molecular formula is C17H13BrClNO4S. The quantitative estimate of drug-likeness (QED) is 0.607. The van der Waals surface area contributed by atoms with Crippen molar-refractivity contribution in [2.75, 3.05) is 20.3 Å². The van der Waals surface area contributed by atoms with Gasteiger partial charge >= 0.3 is 0 Å². The summed E-state index contributed by atoms with van der Waals surface area (Å²) in [4.78, 5) is 25.7. The zero-order chi connectivity index (χ0) is 18.0. The van der Waals surface area contributed by atoms with Gasteiger partial charge in [0.2, 0.25) is 0 Å². The molecule has 1 aliphatic rings. The molecule has 1 aromatic carbocycles. The van der Waals surface area contributed by atoms with Crippen LogP contribution < -0.4 is 0 Å². The van der Waals surface area contributed by atoms with Gasteiger partial charge in [0.15, 0.2) is 0 Å². The van der Waals surface area contributed by atoms with Gasteiger partial charge in [-0.2, -0.15) is 0 Å². The van der Waals surface area contributed by atoms with E-state index < -0.39 is 0 Å². The molecule has 8 heteroatoms. The maximum atomic E-state index is 12.3. The second-order valence-corrected chi connectivity index (χ2v) is 7.41. The van der Waals surface area contributed by atoms with E-state index in [9.17, 15) is 9.59 Å². The zero-order valence-corrected chi connectivity index (χ0v) is 16.3. The van der Waals surface area contributed by atoms with Crippen molar-refractivity contribution in [2.45, 2.75) is 0 Å². The average Bonchev–Trinajstić information content (AvgIpc) is 3.15. The molecule has 0 aliphatic carbocycles. The Hall–Kier alpha value is -1.54. The predicted molar refractivity (Wildman–Crippen MR) is 101 cm³/mol. The van der Waals surface area contributed by atoms with Gasteiger partial charge < -0.3 is 9.15 Å². The number of methoxy groups -OCH3 is 1. The molecule has 0 bridgehead atoms. The fourth-order valence-electron chi connectivity index (χ4n) is 2.24. The van der Waals surface area contributed by atoms with Gasteiger partial charge in [0.25, 0.3) is 11.1 Å². The lowest BCUT2D eigenvalue weighted by atomic mass is 10.2. The number of hydrogen-bond donors (Lipinski definition) is 0. The Labute approximate surface area is 162 Å². The summed E-state index contributed by atoms with van der Waals surface area (Å²) in [6.45, 7) is 0.542. The van der Waals surface area contributed by atoms with Gasteiger partial charge in [-0.25, -0.2) is 0 Å². The number of furan rings is 1. The third kappa shape index (κ3) is 4.00. The molecule has 2 amide bonds. The van der Waals surface area contributed by atoms with Crippen LogP contribution in [0.4, 0.5) is 4.79 Å². The van der Waals surface area contributed by atoms with Gasteiger partial charge in [-0.1, -0.05) is 17.7 Å². The standard InChI is InChI=1S/C17H13BrClNO4S/c1-23-7-6-20-16(21)15(25-17(20)22)9-11-3-5-14(24-11)10-2-4-12(18)13(19)8-10/h2-5,8-9H,6-7H2,1H3/b15-9+. The lowest BCUT2D eigenvalue weighted by Crippen LogP contribution is -2.31. The fourth-order valence-corrected chi connectivity index (χ4v) is 3.51. The average molecular weight is 443 g/mol. The van der Waals surface area contributed by atoms with Crippen LogP contribution in [0.2, 0.25) is 5.02 Å². The van der Waals surface area contributed by atoms with Crippen molar-refractivity contribution in [1.29, 1.82) is 0 Å². The van der Waals surface area contributed by atoms with Gasteiger partial charge in [-0.3, -0.25) is 14.5 Å². The number of benzene rings is 1. The van der Waals surface area contributed by atoms with Crippen molar-refractivity contribution in [3.05, 3.63) is 50.5 Å². The molecule has 1 aliphatic heterocycles. The monoisotopic (exact) mass is 441 g/mol. The predicted octanol–water partition coefficient (Wildman–Crippen LogP) is 5.05. The van der Waals surface area contributed by atoms with E-state index in [0.29, 0.717) is 28.1 Å². The van der Waals surface area contributed by atoms with Gasteiger partial charge in [0.1, 0.15) is 11.5 Å². The van der Waals surface area contributed by atoms with E-state index in [-0.39, 0.29) is 17.7 Å². The van der Waals surface area contributed by atoms with Crippen molar-refractivity contribution in [3.8, 4) is 11.3 Å². The molecule has 1 fully saturated rings. The summed E-state index contributed by atoms with van der Waals surface area (Å²) in [5.41, 5.74) is 0.820. The van der Waals surface area contributed by atoms with Gasteiger partial charge in [-0.05, 0) is 52.0 Å². The Morgan fingerprint density at radius 2 is 2.12 bits per heavy atom. The Bertz CT molecular complexity index is 864. The van der Waals surface area contributed by atoms with Crippen molar-refractivity contribution >= 4 is 56.5 Å². The molecule has 25 heavy (non-hydrogen) atoms. The Kier molecular flexibility index (Phi) is 5.68. The highest BCUT2D eigenvalue weighted by Crippen LogP contribution is 2.34. The molecule has 2 aromatic rings. The number of amides is 2. The minimum absolute atomic E-state index is 0.235. The molecular weight excluding hydrogens is 430 g/mol. The highest BCUT2D eigenvalue weighted by Gasteiger charge is 2.34. The molecule has 5 nitrogen and oxygen atoms in total. The maximum Gasteiger partial charge on any atom is 0.293 e. The first-order valence-electron chi connectivity index (χ1n) is 7.29. The first kappa shape index (κ1) is 18.3. The molecule has 1 saturated heterocycles. The number of imide groups is 1. The number of thioether (sulfide) groups is 1. The van der Waals surface area contributed by atoms with Crippen LogP contribution in [-0.4, -0.2) is 36.3 Å². The Balaban J connectivity index is 1.81. The van der Waals surface area contributed by atoms with Crippen molar-refractivity contribution in [1.82, 2.24) is 4.90 Å². The SMILES string of the molecule is COCCN1C(=O)S/C(=C/c2ccc(-c3ccc(Br)c(Cl)c3)o2)C1=O. The molecule has 0 spiro atoms. The fraction of sp³-hybridized carbons (Fsp3) is 0.176. The second kappa shape index (κ2) is 7.78. The highest BCUT2D eigenvalue weighted by molar-refractivity contribution is 9.10. The molecule has 0 unspecified atom stereocenters. The summed E-state index contributed by atoms with van der Waals surface area (Å²) in [7, 11) is 1.52. The topological polar surface area (TPSA) is 59.8 Å². The van der Waals surface area contributed by atoms with Crippen LogP contribution in [0.15, 0.2) is 44.1 Å². The molecule has 0 atom stereocenters. The van der Waals surface area contributed by atoms with Gasteiger partial charge in [0, 0.05) is 23.2 Å². The summed E-state index contributed by atoms with van der Waals surface area (Å²) >= 11 is 10.3. The van der Waals surface area contributed by atoms with Crippen molar-refractivity contribution in [3.63, 3.8) is 0 Å². The van der Waals surface area contributed by atoms with E-state index in [1.54, 1.807) is 24.3 Å². The number of hydrogen-bond acceptors (Lipinski definition) is 5. The number of nitrogens with zero attached hydrogens (tertiary/aromatic N) is 1. The molecule has 0 N–H and O–H groups in total. The summed E-state index contributed by atoms with van der Waals surface area (Å²) < 4.78 is 11.5. The molecule has 3 rings (SSSR count). The molecule has 0 saturated carbocycles. The van der Waals surface area contributed by atoms with Crippen LogP contribution in [-0.2, 0) is 9.53 Å². The molecule has 1 aromatic heterocycles. The van der Waals surface area contributed by atoms with Gasteiger partial charge in [0.05, 0.1) is 23.1 Å². The summed E-state index contributed by atoms with van der Waals surface area (Å²) in [5, 5.41) is 0.273. The van der Waals surface area contributed by atoms with Crippen LogP contribution in [0.3, 0.4) is 0 Å². The maximum absolute atomic E-state index is 12.3. The Morgan fingerprint density at radius 3 is 2.84 bits per heavy atom. The lowest BCUT2D eigenvalue weighted by Gasteiger charge is -2.10. The van der Waals surface area contributed by atoms with Crippen LogP contribution in [0, 0.1) is 0 Å². The Morgan fingerprint density at radius 1 is 1.32 bits per heavy atom. The van der Waals surface area contributed by atoms with E-state index in [4.69, 9.17) is 20.8 Å². The number of carbonyl (C=O) groups excluding carboxylic acids is 2. The summed E-state index contributed by atoms with van der Waals surface area (Å²) in [6, 6.07) is 9.03. The zero-order valence-electron chi connectivity index (χ0n) is 13.1. The lowest BCUT2D eigenvalue weighted by molar-refractivity contribution is -0.123. The van der Waals surface area contributed by atoms with Crippen LogP contribution in [0.1, 0.15) is 5.76 Å². The molecule has 0 radical (unpaired) electrons. The van der Waals surface area contributed by atoms with E-state index >= 15 is 0 Å². The third-order valence-corrected chi connectivity index (χ3v) is 5.64. The summed E-state index contributed by atoms with van der Waals surface area (Å²) in [6.07, 6.45) is 1.57. The number of halogens is 2. The highest BCUT2D eigenvalue weighted by atomic mass is 79.9. The first-order chi connectivity index (χ1) is 12.0. The normalized spacial score (nSPS) is 16.3. The van der Waals surface area contributed by atoms with Crippen LogP contribution in [0.25, 0.3) is 17.4 Å². The number of carbonyl (C=O) groups is 2. The van der Waals surface area contributed by atoms with Crippen molar-refractivity contribution in [2.24, 2.45) is 0 Å². The van der Waals surface area contributed by atoms with Crippen LogP contribution in [0.5, 0.6) is 0 Å². The van der Waals surface area contributed by atoms with Crippen molar-refractivity contribution < 1.29 is 18.7 Å². The largest absolute Gasteiger partial charge is 0.457 e. The molecule has 2 heterocycles. The minimum Gasteiger partial charge on any atom is -0.457 e. The molecule has 130 valence electrons. The smallest absolute Gasteiger partial charge is 0.293 e. The van der Waals surface area contributed by atoms with Gasteiger partial charge in [-0.15, -0.1) is 0 Å². The van der Waals surface area contributed by atoms with E-state index in [1.807, 2.05) is 12.1 Å². The van der Waals surface area contributed by atoms with E-state index in [2.05, 4.69) is 15.9 Å². The third-order valence-electron chi connectivity index (χ3n) is 3.50. The van der Waals surface area contributed by atoms with E-state index in [0.717, 1.165) is 21.8 Å². The van der Waals surface area contributed by atoms with E-state index in [1.165, 1.54) is 12.0 Å². The number of rotatable bonds is 5. The summed E-state index contributed by atoms with van der Waals surface area (Å²) in [5.74, 6) is 0.780. The van der Waals surface area contributed by atoms with Crippen LogP contribution >= 0.6 is 39.3 Å².